The zero-order valence-electron chi connectivity index (χ0n) is 16.4. The second kappa shape index (κ2) is 9.00. The second-order valence-electron chi connectivity index (χ2n) is 7.82. The lowest BCUT2D eigenvalue weighted by atomic mass is 10.2. The summed E-state index contributed by atoms with van der Waals surface area (Å²) in [5.74, 6) is 0. The molecule has 28 heavy (non-hydrogen) atoms. The van der Waals surface area contributed by atoms with E-state index in [4.69, 9.17) is 0 Å². The number of hydrogen-bond acceptors (Lipinski definition) is 3. The van der Waals surface area contributed by atoms with Crippen molar-refractivity contribution in [3.63, 3.8) is 0 Å². The van der Waals surface area contributed by atoms with E-state index in [2.05, 4.69) is 56.8 Å². The molecule has 2 heterocycles. The van der Waals surface area contributed by atoms with Crippen molar-refractivity contribution in [2.45, 2.75) is 38.1 Å². The van der Waals surface area contributed by atoms with Crippen molar-refractivity contribution >= 4 is 23.1 Å². The number of carbonyl (C=O) groups excluding carboxylic acids is 1. The van der Waals surface area contributed by atoms with Gasteiger partial charge in [0.15, 0.2) is 0 Å². The number of anilines is 3. The molecule has 4 rings (SSSR count). The maximum Gasteiger partial charge on any atom is 0.319 e. The minimum Gasteiger partial charge on any atom is -0.371 e. The standard InChI is InChI=1S/C23H30N4O/c28-23(25-20-13-16-27(18-20)21-10-4-3-5-11-21)24-19-9-8-12-22(17-19)26-14-6-1-2-7-15-26/h3-5,8-12,17,20H,1-2,6-7,13-16,18H2,(H2,24,25,28)/t20-/m0/s1. The molecule has 5 nitrogen and oxygen atoms in total. The topological polar surface area (TPSA) is 47.6 Å². The monoisotopic (exact) mass is 378 g/mol. The number of nitrogens with one attached hydrogen (secondary N) is 2. The predicted octanol–water partition coefficient (Wildman–Crippen LogP) is 4.47. The molecule has 0 aromatic heterocycles. The lowest BCUT2D eigenvalue weighted by molar-refractivity contribution is 0.249. The average Bonchev–Trinajstić information content (AvgIpc) is 3.01. The minimum absolute atomic E-state index is 0.118. The fraction of sp³-hybridized carbons (Fsp3) is 0.435. The summed E-state index contributed by atoms with van der Waals surface area (Å²) in [7, 11) is 0. The fourth-order valence-electron chi connectivity index (χ4n) is 4.21. The number of benzene rings is 2. The summed E-state index contributed by atoms with van der Waals surface area (Å²) in [5.41, 5.74) is 3.28. The van der Waals surface area contributed by atoms with E-state index < -0.39 is 0 Å². The Kier molecular flexibility index (Phi) is 6.00. The molecular weight excluding hydrogens is 348 g/mol. The molecule has 2 amide bonds. The van der Waals surface area contributed by atoms with Gasteiger partial charge in [-0.05, 0) is 49.6 Å². The van der Waals surface area contributed by atoms with Gasteiger partial charge in [-0.1, -0.05) is 37.1 Å². The van der Waals surface area contributed by atoms with Crippen molar-refractivity contribution in [3.05, 3.63) is 54.6 Å². The molecule has 1 atom stereocenters. The zero-order valence-corrected chi connectivity index (χ0v) is 16.4. The van der Waals surface area contributed by atoms with Gasteiger partial charge in [0.2, 0.25) is 0 Å². The Morgan fingerprint density at radius 3 is 2.36 bits per heavy atom. The summed E-state index contributed by atoms with van der Waals surface area (Å²) in [4.78, 5) is 17.3. The van der Waals surface area contributed by atoms with Crippen molar-refractivity contribution in [1.29, 1.82) is 0 Å². The van der Waals surface area contributed by atoms with Gasteiger partial charge in [-0.15, -0.1) is 0 Å². The van der Waals surface area contributed by atoms with E-state index in [1.165, 1.54) is 37.1 Å². The van der Waals surface area contributed by atoms with Gasteiger partial charge in [0.1, 0.15) is 0 Å². The van der Waals surface area contributed by atoms with Crippen LogP contribution in [0.4, 0.5) is 21.9 Å². The number of amides is 2. The molecule has 148 valence electrons. The third-order valence-electron chi connectivity index (χ3n) is 5.72. The van der Waals surface area contributed by atoms with E-state index in [0.717, 1.165) is 38.3 Å². The molecule has 2 aliphatic heterocycles. The number of nitrogens with zero attached hydrogens (tertiary/aromatic N) is 2. The van der Waals surface area contributed by atoms with Gasteiger partial charge in [-0.25, -0.2) is 4.79 Å². The SMILES string of the molecule is O=C(Nc1cccc(N2CCCCCC2)c1)N[C@H]1CCN(c2ccccc2)C1. The van der Waals surface area contributed by atoms with Gasteiger partial charge in [-0.2, -0.15) is 0 Å². The average molecular weight is 379 g/mol. The van der Waals surface area contributed by atoms with Crippen LogP contribution in [0, 0.1) is 0 Å². The first-order valence-corrected chi connectivity index (χ1v) is 10.5. The Morgan fingerprint density at radius 1 is 0.821 bits per heavy atom. The third-order valence-corrected chi connectivity index (χ3v) is 5.72. The maximum atomic E-state index is 12.5. The van der Waals surface area contributed by atoms with Gasteiger partial charge in [0.25, 0.3) is 0 Å². The van der Waals surface area contributed by atoms with Crippen LogP contribution in [-0.4, -0.2) is 38.3 Å². The molecule has 5 heteroatoms. The van der Waals surface area contributed by atoms with E-state index in [9.17, 15) is 4.79 Å². The van der Waals surface area contributed by atoms with E-state index >= 15 is 0 Å². The first kappa shape index (κ1) is 18.7. The molecule has 2 fully saturated rings. The van der Waals surface area contributed by atoms with Gasteiger partial charge < -0.3 is 20.4 Å². The van der Waals surface area contributed by atoms with Crippen molar-refractivity contribution in [2.24, 2.45) is 0 Å². The summed E-state index contributed by atoms with van der Waals surface area (Å²) >= 11 is 0. The van der Waals surface area contributed by atoms with E-state index in [1.54, 1.807) is 0 Å². The molecule has 2 aromatic rings. The van der Waals surface area contributed by atoms with Gasteiger partial charge in [0.05, 0.1) is 0 Å². The molecule has 0 saturated carbocycles. The number of carbonyl (C=O) groups is 1. The van der Waals surface area contributed by atoms with Crippen LogP contribution in [0.15, 0.2) is 54.6 Å². The molecule has 0 unspecified atom stereocenters. The van der Waals surface area contributed by atoms with Crippen molar-refractivity contribution in [1.82, 2.24) is 5.32 Å². The highest BCUT2D eigenvalue weighted by Crippen LogP contribution is 2.23. The molecule has 0 bridgehead atoms. The van der Waals surface area contributed by atoms with Crippen molar-refractivity contribution in [2.75, 3.05) is 41.3 Å². The summed E-state index contributed by atoms with van der Waals surface area (Å²) in [6, 6.07) is 18.7. The van der Waals surface area contributed by atoms with E-state index in [1.807, 2.05) is 18.2 Å². The molecule has 0 spiro atoms. The van der Waals surface area contributed by atoms with Crippen LogP contribution in [0.3, 0.4) is 0 Å². The van der Waals surface area contributed by atoms with Gasteiger partial charge in [0, 0.05) is 49.3 Å². The Labute approximate surface area is 167 Å². The molecule has 2 aliphatic rings. The summed E-state index contributed by atoms with van der Waals surface area (Å²) in [6.45, 7) is 4.03. The largest absolute Gasteiger partial charge is 0.371 e. The van der Waals surface area contributed by atoms with Crippen LogP contribution in [0.25, 0.3) is 0 Å². The first-order valence-electron chi connectivity index (χ1n) is 10.5. The van der Waals surface area contributed by atoms with Crippen LogP contribution in [0.1, 0.15) is 32.1 Å². The van der Waals surface area contributed by atoms with E-state index in [-0.39, 0.29) is 12.1 Å². The molecular formula is C23H30N4O. The van der Waals surface area contributed by atoms with Crippen LogP contribution in [-0.2, 0) is 0 Å². The third kappa shape index (κ3) is 4.77. The quantitative estimate of drug-likeness (QED) is 0.825. The molecule has 2 aromatic carbocycles. The second-order valence-corrected chi connectivity index (χ2v) is 7.82. The Balaban J connectivity index is 1.31. The first-order chi connectivity index (χ1) is 13.8. The van der Waals surface area contributed by atoms with Crippen molar-refractivity contribution in [3.8, 4) is 0 Å². The normalized spacial score (nSPS) is 19.9. The number of para-hydroxylation sites is 1. The molecule has 2 saturated heterocycles. The van der Waals surface area contributed by atoms with Crippen LogP contribution >= 0.6 is 0 Å². The fourth-order valence-corrected chi connectivity index (χ4v) is 4.21. The smallest absolute Gasteiger partial charge is 0.319 e. The summed E-state index contributed by atoms with van der Waals surface area (Å²) in [6.07, 6.45) is 6.10. The lowest BCUT2D eigenvalue weighted by Gasteiger charge is -2.23. The highest BCUT2D eigenvalue weighted by molar-refractivity contribution is 5.90. The van der Waals surface area contributed by atoms with Crippen LogP contribution in [0.2, 0.25) is 0 Å². The van der Waals surface area contributed by atoms with Crippen LogP contribution in [0.5, 0.6) is 0 Å². The number of urea groups is 1. The Morgan fingerprint density at radius 2 is 1.57 bits per heavy atom. The van der Waals surface area contributed by atoms with E-state index in [0.29, 0.717) is 0 Å². The Bertz CT molecular complexity index is 771. The van der Waals surface area contributed by atoms with Crippen molar-refractivity contribution < 1.29 is 4.79 Å². The molecule has 0 aliphatic carbocycles. The zero-order chi connectivity index (χ0) is 19.2. The van der Waals surface area contributed by atoms with Crippen LogP contribution < -0.4 is 20.4 Å². The number of rotatable bonds is 4. The highest BCUT2D eigenvalue weighted by atomic mass is 16.2. The lowest BCUT2D eigenvalue weighted by Crippen LogP contribution is -2.39. The molecule has 2 N–H and O–H groups in total. The Hall–Kier alpha value is -2.69. The minimum atomic E-state index is -0.118. The maximum absolute atomic E-state index is 12.5. The van der Waals surface area contributed by atoms with Gasteiger partial charge in [-0.3, -0.25) is 0 Å². The summed E-state index contributed by atoms with van der Waals surface area (Å²) < 4.78 is 0. The highest BCUT2D eigenvalue weighted by Gasteiger charge is 2.24. The predicted molar refractivity (Wildman–Crippen MR) is 116 cm³/mol. The molecule has 0 radical (unpaired) electrons. The number of hydrogen-bond donors (Lipinski definition) is 2. The van der Waals surface area contributed by atoms with Gasteiger partial charge >= 0.3 is 6.03 Å². The summed E-state index contributed by atoms with van der Waals surface area (Å²) in [5, 5.41) is 6.15.